The van der Waals surface area contributed by atoms with E-state index in [1.807, 2.05) is 30.3 Å². The number of nitrogens with one attached hydrogen (secondary N) is 1. The van der Waals surface area contributed by atoms with Crippen LogP contribution >= 0.6 is 11.8 Å². The van der Waals surface area contributed by atoms with Gasteiger partial charge in [-0.25, -0.2) is 0 Å². The lowest BCUT2D eigenvalue weighted by atomic mass is 10.1. The molecule has 0 fully saturated rings. The van der Waals surface area contributed by atoms with Crippen molar-refractivity contribution in [1.29, 1.82) is 0 Å². The quantitative estimate of drug-likeness (QED) is 0.407. The number of anilines is 1. The van der Waals surface area contributed by atoms with Crippen molar-refractivity contribution in [3.63, 3.8) is 0 Å². The highest BCUT2D eigenvalue weighted by molar-refractivity contribution is 7.99. The number of hydrogen-bond acceptors (Lipinski definition) is 5. The minimum Gasteiger partial charge on any atom is -0.493 e. The van der Waals surface area contributed by atoms with E-state index in [1.165, 1.54) is 14.0 Å². The van der Waals surface area contributed by atoms with Gasteiger partial charge in [0.1, 0.15) is 0 Å². The van der Waals surface area contributed by atoms with E-state index in [0.717, 1.165) is 16.3 Å². The van der Waals surface area contributed by atoms with E-state index in [9.17, 15) is 9.59 Å². The SMILES string of the molecule is C=CCSc1ccccc1NC(=O)COc1ccc(C(C)=O)cc1OC. The zero-order valence-corrected chi connectivity index (χ0v) is 15.6. The summed E-state index contributed by atoms with van der Waals surface area (Å²) in [7, 11) is 1.49. The molecule has 26 heavy (non-hydrogen) atoms. The normalized spacial score (nSPS) is 10.1. The zero-order chi connectivity index (χ0) is 18.9. The summed E-state index contributed by atoms with van der Waals surface area (Å²) in [6, 6.07) is 12.4. The molecule has 0 spiro atoms. The molecule has 1 amide bonds. The van der Waals surface area contributed by atoms with Crippen LogP contribution in [0.3, 0.4) is 0 Å². The molecule has 6 heteroatoms. The van der Waals surface area contributed by atoms with Crippen molar-refractivity contribution in [1.82, 2.24) is 0 Å². The Morgan fingerprint density at radius 3 is 2.65 bits per heavy atom. The van der Waals surface area contributed by atoms with E-state index in [1.54, 1.807) is 30.0 Å². The molecule has 0 aliphatic rings. The Labute approximate surface area is 157 Å². The average molecular weight is 371 g/mol. The third-order valence-corrected chi connectivity index (χ3v) is 4.52. The molecule has 2 aromatic carbocycles. The number of benzene rings is 2. The van der Waals surface area contributed by atoms with Crippen molar-refractivity contribution >= 4 is 29.1 Å². The van der Waals surface area contributed by atoms with Crippen molar-refractivity contribution in [2.45, 2.75) is 11.8 Å². The molecule has 2 aromatic rings. The third-order valence-electron chi connectivity index (χ3n) is 3.45. The summed E-state index contributed by atoms with van der Waals surface area (Å²) in [6.07, 6.45) is 1.81. The molecule has 136 valence electrons. The van der Waals surface area contributed by atoms with E-state index in [4.69, 9.17) is 9.47 Å². The number of carbonyl (C=O) groups excluding carboxylic acids is 2. The number of ketones is 1. The monoisotopic (exact) mass is 371 g/mol. The molecule has 2 rings (SSSR count). The largest absolute Gasteiger partial charge is 0.493 e. The van der Waals surface area contributed by atoms with Gasteiger partial charge in [-0.15, -0.1) is 18.3 Å². The highest BCUT2D eigenvalue weighted by Gasteiger charge is 2.11. The molecule has 0 aromatic heterocycles. The molecule has 0 bridgehead atoms. The smallest absolute Gasteiger partial charge is 0.262 e. The van der Waals surface area contributed by atoms with Gasteiger partial charge in [-0.05, 0) is 37.3 Å². The molecule has 0 radical (unpaired) electrons. The fourth-order valence-corrected chi connectivity index (χ4v) is 2.93. The van der Waals surface area contributed by atoms with Gasteiger partial charge in [0.15, 0.2) is 23.9 Å². The molecule has 5 nitrogen and oxygen atoms in total. The Bertz CT molecular complexity index is 804. The molecular weight excluding hydrogens is 350 g/mol. The standard InChI is InChI=1S/C20H21NO4S/c1-4-11-26-19-8-6-5-7-16(19)21-20(23)13-25-17-10-9-15(14(2)22)12-18(17)24-3/h4-10,12H,1,11,13H2,2-3H3,(H,21,23). The molecule has 0 aliphatic carbocycles. The fourth-order valence-electron chi connectivity index (χ4n) is 2.18. The van der Waals surface area contributed by atoms with E-state index in [-0.39, 0.29) is 18.3 Å². The van der Waals surface area contributed by atoms with E-state index in [0.29, 0.717) is 17.1 Å². The highest BCUT2D eigenvalue weighted by atomic mass is 32.2. The highest BCUT2D eigenvalue weighted by Crippen LogP contribution is 2.29. The van der Waals surface area contributed by atoms with Crippen LogP contribution in [0.5, 0.6) is 11.5 Å². The fraction of sp³-hybridized carbons (Fsp3) is 0.200. The number of rotatable bonds is 9. The van der Waals surface area contributed by atoms with Gasteiger partial charge in [0.25, 0.3) is 5.91 Å². The first kappa shape index (κ1) is 19.6. The van der Waals surface area contributed by atoms with E-state index in [2.05, 4.69) is 11.9 Å². The number of hydrogen-bond donors (Lipinski definition) is 1. The van der Waals surface area contributed by atoms with Crippen molar-refractivity contribution in [2.75, 3.05) is 24.8 Å². The van der Waals surface area contributed by atoms with Crippen LogP contribution in [0.15, 0.2) is 60.0 Å². The molecule has 0 aliphatic heterocycles. The summed E-state index contributed by atoms with van der Waals surface area (Å²) in [5.41, 5.74) is 1.25. The predicted molar refractivity (Wildman–Crippen MR) is 104 cm³/mol. The minimum absolute atomic E-state index is 0.0683. The summed E-state index contributed by atoms with van der Waals surface area (Å²) in [6.45, 7) is 5.01. The van der Waals surface area contributed by atoms with Crippen molar-refractivity contribution in [3.8, 4) is 11.5 Å². The first-order chi connectivity index (χ1) is 12.5. The number of ether oxygens (including phenoxy) is 2. The van der Waals surface area contributed by atoms with Crippen molar-refractivity contribution < 1.29 is 19.1 Å². The van der Waals surface area contributed by atoms with Crippen LogP contribution in [0.25, 0.3) is 0 Å². The summed E-state index contributed by atoms with van der Waals surface area (Å²) in [5, 5.41) is 2.84. The van der Waals surface area contributed by atoms with Gasteiger partial charge in [-0.1, -0.05) is 18.2 Å². The second kappa shape index (κ2) is 9.68. The summed E-state index contributed by atoms with van der Waals surface area (Å²) in [5.74, 6) is 1.22. The lowest BCUT2D eigenvalue weighted by molar-refractivity contribution is -0.118. The maximum Gasteiger partial charge on any atom is 0.262 e. The van der Waals surface area contributed by atoms with Crippen molar-refractivity contribution in [2.24, 2.45) is 0 Å². The first-order valence-corrected chi connectivity index (χ1v) is 8.98. The van der Waals surface area contributed by atoms with Gasteiger partial charge in [0.05, 0.1) is 12.8 Å². The Balaban J connectivity index is 2.01. The van der Waals surface area contributed by atoms with Crippen LogP contribution in [0.1, 0.15) is 17.3 Å². The second-order valence-corrected chi connectivity index (χ2v) is 6.42. The predicted octanol–water partition coefficient (Wildman–Crippen LogP) is 4.19. The number of amides is 1. The average Bonchev–Trinajstić information content (AvgIpc) is 2.65. The molecular formula is C20H21NO4S. The van der Waals surface area contributed by atoms with Crippen LogP contribution < -0.4 is 14.8 Å². The first-order valence-electron chi connectivity index (χ1n) is 7.99. The third kappa shape index (κ3) is 5.39. The number of thioether (sulfide) groups is 1. The van der Waals surface area contributed by atoms with E-state index < -0.39 is 0 Å². The van der Waals surface area contributed by atoms with Gasteiger partial charge in [0, 0.05) is 16.2 Å². The van der Waals surface area contributed by atoms with Gasteiger partial charge in [-0.3, -0.25) is 9.59 Å². The number of para-hydroxylation sites is 1. The van der Waals surface area contributed by atoms with Crippen LogP contribution in [0.2, 0.25) is 0 Å². The van der Waals surface area contributed by atoms with Crippen molar-refractivity contribution in [3.05, 3.63) is 60.7 Å². The Morgan fingerprint density at radius 1 is 1.19 bits per heavy atom. The lowest BCUT2D eigenvalue weighted by Gasteiger charge is -2.13. The van der Waals surface area contributed by atoms with E-state index >= 15 is 0 Å². The topological polar surface area (TPSA) is 64.6 Å². The lowest BCUT2D eigenvalue weighted by Crippen LogP contribution is -2.20. The maximum absolute atomic E-state index is 12.2. The van der Waals surface area contributed by atoms with Gasteiger partial charge >= 0.3 is 0 Å². The summed E-state index contributed by atoms with van der Waals surface area (Å²) < 4.78 is 10.8. The Kier molecular flexibility index (Phi) is 7.29. The Hall–Kier alpha value is -2.73. The second-order valence-electron chi connectivity index (χ2n) is 5.35. The molecule has 0 unspecified atom stereocenters. The zero-order valence-electron chi connectivity index (χ0n) is 14.8. The number of methoxy groups -OCH3 is 1. The number of carbonyl (C=O) groups is 2. The summed E-state index contributed by atoms with van der Waals surface area (Å²) in [4.78, 5) is 24.6. The van der Waals surface area contributed by atoms with Crippen LogP contribution in [-0.4, -0.2) is 31.2 Å². The summed E-state index contributed by atoms with van der Waals surface area (Å²) >= 11 is 1.59. The maximum atomic E-state index is 12.2. The molecule has 1 N–H and O–H groups in total. The Morgan fingerprint density at radius 2 is 1.96 bits per heavy atom. The molecule has 0 saturated heterocycles. The van der Waals surface area contributed by atoms with Crippen LogP contribution in [0.4, 0.5) is 5.69 Å². The van der Waals surface area contributed by atoms with Gasteiger partial charge in [-0.2, -0.15) is 0 Å². The van der Waals surface area contributed by atoms with Crippen LogP contribution in [0, 0.1) is 0 Å². The molecule has 0 atom stereocenters. The minimum atomic E-state index is -0.283. The molecule has 0 saturated carbocycles. The molecule has 0 heterocycles. The van der Waals surface area contributed by atoms with Crippen LogP contribution in [-0.2, 0) is 4.79 Å². The number of Topliss-reactive ketones (excluding diaryl/α,β-unsaturated/α-hetero) is 1. The van der Waals surface area contributed by atoms with Gasteiger partial charge in [0.2, 0.25) is 0 Å². The van der Waals surface area contributed by atoms with Gasteiger partial charge < -0.3 is 14.8 Å².